The summed E-state index contributed by atoms with van der Waals surface area (Å²) in [6, 6.07) is 9.97. The zero-order valence-electron chi connectivity index (χ0n) is 14.2. The molecule has 2 amide bonds. The van der Waals surface area contributed by atoms with Crippen molar-refractivity contribution in [1.82, 2.24) is 4.57 Å². The van der Waals surface area contributed by atoms with Crippen LogP contribution in [0.25, 0.3) is 0 Å². The highest BCUT2D eigenvalue weighted by Crippen LogP contribution is 2.13. The van der Waals surface area contributed by atoms with Gasteiger partial charge in [0.15, 0.2) is 5.75 Å². The molecule has 0 aliphatic heterocycles. The number of rotatable bonds is 7. The van der Waals surface area contributed by atoms with Crippen LogP contribution in [-0.4, -0.2) is 23.0 Å². The maximum Gasteiger partial charge on any atom is 0.293 e. The lowest BCUT2D eigenvalue weighted by Gasteiger charge is -2.10. The van der Waals surface area contributed by atoms with E-state index in [1.807, 2.05) is 6.92 Å². The van der Waals surface area contributed by atoms with Gasteiger partial charge < -0.3 is 19.9 Å². The van der Waals surface area contributed by atoms with E-state index in [1.54, 1.807) is 42.6 Å². The summed E-state index contributed by atoms with van der Waals surface area (Å²) < 4.78 is 6.67. The van der Waals surface area contributed by atoms with Gasteiger partial charge in [0.05, 0.1) is 6.61 Å². The molecule has 0 aliphatic rings. The minimum atomic E-state index is -0.341. The highest BCUT2D eigenvalue weighted by molar-refractivity contribution is 5.92. The average molecular weight is 343 g/mol. The van der Waals surface area contributed by atoms with Crippen molar-refractivity contribution in [3.63, 3.8) is 0 Å². The van der Waals surface area contributed by atoms with Crippen LogP contribution in [0.2, 0.25) is 0 Å². The minimum Gasteiger partial charge on any atom is -0.488 e. The van der Waals surface area contributed by atoms with Gasteiger partial charge in [-0.15, -0.1) is 0 Å². The summed E-state index contributed by atoms with van der Waals surface area (Å²) in [7, 11) is 0. The van der Waals surface area contributed by atoms with Crippen LogP contribution < -0.4 is 20.9 Å². The van der Waals surface area contributed by atoms with E-state index in [-0.39, 0.29) is 29.7 Å². The number of anilines is 2. The summed E-state index contributed by atoms with van der Waals surface area (Å²) in [6.07, 6.45) is 2.34. The van der Waals surface area contributed by atoms with E-state index in [2.05, 4.69) is 10.6 Å². The first-order chi connectivity index (χ1) is 12.0. The van der Waals surface area contributed by atoms with Crippen LogP contribution in [0.3, 0.4) is 0 Å². The quantitative estimate of drug-likeness (QED) is 0.807. The van der Waals surface area contributed by atoms with Gasteiger partial charge in [0.2, 0.25) is 11.8 Å². The number of carbonyl (C=O) groups excluding carboxylic acids is 2. The molecule has 0 aliphatic carbocycles. The summed E-state index contributed by atoms with van der Waals surface area (Å²) in [5.74, 6) is -0.264. The summed E-state index contributed by atoms with van der Waals surface area (Å²) in [6.45, 7) is 3.71. The predicted octanol–water partition coefficient (Wildman–Crippen LogP) is 2.23. The third-order valence-corrected chi connectivity index (χ3v) is 3.25. The van der Waals surface area contributed by atoms with Crippen LogP contribution in [0.4, 0.5) is 11.4 Å². The summed E-state index contributed by atoms with van der Waals surface area (Å²) >= 11 is 0. The topological polar surface area (TPSA) is 89.4 Å². The fraction of sp³-hybridized carbons (Fsp3) is 0.278. The lowest BCUT2D eigenvalue weighted by molar-refractivity contribution is -0.117. The van der Waals surface area contributed by atoms with E-state index in [0.717, 1.165) is 6.42 Å². The van der Waals surface area contributed by atoms with Gasteiger partial charge >= 0.3 is 0 Å². The Morgan fingerprint density at radius 2 is 1.72 bits per heavy atom. The van der Waals surface area contributed by atoms with E-state index >= 15 is 0 Å². The maximum atomic E-state index is 12.2. The predicted molar refractivity (Wildman–Crippen MR) is 95.9 cm³/mol. The number of aromatic nitrogens is 1. The first-order valence-electron chi connectivity index (χ1n) is 7.99. The first kappa shape index (κ1) is 18.3. The molecular weight excluding hydrogens is 322 g/mol. The summed E-state index contributed by atoms with van der Waals surface area (Å²) in [5.41, 5.74) is 0.875. The first-order valence-corrected chi connectivity index (χ1v) is 7.99. The van der Waals surface area contributed by atoms with E-state index in [9.17, 15) is 14.4 Å². The van der Waals surface area contributed by atoms with E-state index in [1.165, 1.54) is 11.5 Å². The lowest BCUT2D eigenvalue weighted by Crippen LogP contribution is -2.28. The Morgan fingerprint density at radius 1 is 1.08 bits per heavy atom. The van der Waals surface area contributed by atoms with Crippen LogP contribution >= 0.6 is 0 Å². The Balaban J connectivity index is 2.00. The van der Waals surface area contributed by atoms with Gasteiger partial charge in [-0.05, 0) is 42.8 Å². The molecule has 0 spiro atoms. The second kappa shape index (κ2) is 8.68. The van der Waals surface area contributed by atoms with Crippen LogP contribution in [0.1, 0.15) is 20.3 Å². The number of amides is 2. The zero-order chi connectivity index (χ0) is 18.2. The van der Waals surface area contributed by atoms with Gasteiger partial charge in [0.25, 0.3) is 5.56 Å². The van der Waals surface area contributed by atoms with Crippen molar-refractivity contribution in [1.29, 1.82) is 0 Å². The molecule has 2 rings (SSSR count). The van der Waals surface area contributed by atoms with Gasteiger partial charge in [-0.2, -0.15) is 0 Å². The number of hydrogen-bond donors (Lipinski definition) is 2. The monoisotopic (exact) mass is 343 g/mol. The molecule has 0 radical (unpaired) electrons. The Morgan fingerprint density at radius 3 is 2.32 bits per heavy atom. The molecule has 0 unspecified atom stereocenters. The minimum absolute atomic E-state index is 0.115. The molecule has 0 atom stereocenters. The van der Waals surface area contributed by atoms with Crippen molar-refractivity contribution in [3.8, 4) is 5.75 Å². The number of benzene rings is 1. The number of nitrogens with zero attached hydrogens (tertiary/aromatic N) is 1. The van der Waals surface area contributed by atoms with Crippen molar-refractivity contribution in [2.45, 2.75) is 26.8 Å². The normalized spacial score (nSPS) is 10.2. The van der Waals surface area contributed by atoms with Gasteiger partial charge in [0.1, 0.15) is 6.54 Å². The van der Waals surface area contributed by atoms with Gasteiger partial charge in [-0.1, -0.05) is 6.92 Å². The fourth-order valence-electron chi connectivity index (χ4n) is 2.16. The second-order valence-electron chi connectivity index (χ2n) is 5.46. The zero-order valence-corrected chi connectivity index (χ0v) is 14.2. The highest BCUT2D eigenvalue weighted by Gasteiger charge is 2.09. The van der Waals surface area contributed by atoms with Gasteiger partial charge in [0, 0.05) is 24.5 Å². The van der Waals surface area contributed by atoms with Crippen LogP contribution in [-0.2, 0) is 16.1 Å². The molecule has 1 aromatic carbocycles. The molecule has 2 N–H and O–H groups in total. The maximum absolute atomic E-state index is 12.2. The van der Waals surface area contributed by atoms with Crippen LogP contribution in [0.5, 0.6) is 5.75 Å². The number of hydrogen-bond acceptors (Lipinski definition) is 4. The number of carbonyl (C=O) groups is 2. The fourth-order valence-corrected chi connectivity index (χ4v) is 2.16. The van der Waals surface area contributed by atoms with Crippen molar-refractivity contribution in [2.24, 2.45) is 0 Å². The smallest absolute Gasteiger partial charge is 0.293 e. The van der Waals surface area contributed by atoms with Crippen LogP contribution in [0.15, 0.2) is 47.4 Å². The molecule has 25 heavy (non-hydrogen) atoms. The van der Waals surface area contributed by atoms with Crippen LogP contribution in [0, 0.1) is 0 Å². The molecule has 0 saturated carbocycles. The Kier molecular flexibility index (Phi) is 6.33. The Labute approximate surface area is 145 Å². The lowest BCUT2D eigenvalue weighted by atomic mass is 10.2. The largest absolute Gasteiger partial charge is 0.488 e. The molecule has 132 valence electrons. The molecule has 2 aromatic rings. The Hall–Kier alpha value is -3.09. The molecule has 1 heterocycles. The number of nitrogens with one attached hydrogen (secondary N) is 2. The van der Waals surface area contributed by atoms with Crippen molar-refractivity contribution < 1.29 is 14.3 Å². The standard InChI is InChI=1S/C18H21N3O4/c1-3-11-25-16-5-4-10-21(18(16)24)12-17(23)20-15-8-6-14(7-9-15)19-13(2)22/h4-10H,3,11-12H2,1-2H3,(H,19,22)(H,20,23). The van der Waals surface area contributed by atoms with E-state index in [4.69, 9.17) is 4.74 Å². The Bertz CT molecular complexity index is 797. The summed E-state index contributed by atoms with van der Waals surface area (Å²) in [4.78, 5) is 35.3. The molecule has 0 fully saturated rings. The average Bonchev–Trinajstić information content (AvgIpc) is 2.57. The summed E-state index contributed by atoms with van der Waals surface area (Å²) in [5, 5.41) is 5.35. The SMILES string of the molecule is CCCOc1cccn(CC(=O)Nc2ccc(NC(C)=O)cc2)c1=O. The van der Waals surface area contributed by atoms with Gasteiger partial charge in [-0.25, -0.2) is 0 Å². The van der Waals surface area contributed by atoms with Crippen molar-refractivity contribution in [2.75, 3.05) is 17.2 Å². The van der Waals surface area contributed by atoms with E-state index < -0.39 is 0 Å². The van der Waals surface area contributed by atoms with Crippen molar-refractivity contribution >= 4 is 23.2 Å². The number of pyridine rings is 1. The number of ether oxygens (including phenoxy) is 1. The molecular formula is C18H21N3O4. The van der Waals surface area contributed by atoms with Gasteiger partial charge in [-0.3, -0.25) is 14.4 Å². The second-order valence-corrected chi connectivity index (χ2v) is 5.46. The molecule has 7 heteroatoms. The molecule has 7 nitrogen and oxygen atoms in total. The van der Waals surface area contributed by atoms with E-state index in [0.29, 0.717) is 18.0 Å². The molecule has 0 saturated heterocycles. The third-order valence-electron chi connectivity index (χ3n) is 3.25. The molecule has 0 bridgehead atoms. The molecule has 1 aromatic heterocycles. The highest BCUT2D eigenvalue weighted by atomic mass is 16.5. The van der Waals surface area contributed by atoms with Crippen molar-refractivity contribution in [3.05, 3.63) is 52.9 Å². The third kappa shape index (κ3) is 5.49.